The van der Waals surface area contributed by atoms with Gasteiger partial charge in [0, 0.05) is 17.8 Å². The van der Waals surface area contributed by atoms with Crippen molar-refractivity contribution >= 4 is 28.5 Å². The summed E-state index contributed by atoms with van der Waals surface area (Å²) in [6.45, 7) is 0. The molecule has 0 radical (unpaired) electrons. The lowest BCUT2D eigenvalue weighted by molar-refractivity contribution is -0.274. The van der Waals surface area contributed by atoms with E-state index in [-0.39, 0.29) is 22.5 Å². The van der Waals surface area contributed by atoms with Gasteiger partial charge >= 0.3 is 6.36 Å². The van der Waals surface area contributed by atoms with E-state index in [1.807, 2.05) is 30.3 Å². The number of pyridine rings is 1. The standard InChI is InChI=1S/C21H11F3N4O3/c22-21(23,24)31-13-8-4-7-12(9-13)28-19(29)14-10-25-18-16(15(14)20(28)30)17(26-27-18)11-5-2-1-3-6-11/h1-10H,(H,25,26,27). The summed E-state index contributed by atoms with van der Waals surface area (Å²) in [7, 11) is 0. The Labute approximate surface area is 172 Å². The Morgan fingerprint density at radius 2 is 1.74 bits per heavy atom. The number of nitrogens with zero attached hydrogens (tertiary/aromatic N) is 3. The van der Waals surface area contributed by atoms with E-state index in [0.717, 1.165) is 22.6 Å². The molecule has 0 spiro atoms. The molecule has 154 valence electrons. The Balaban J connectivity index is 1.64. The van der Waals surface area contributed by atoms with Crippen LogP contribution in [0.4, 0.5) is 18.9 Å². The van der Waals surface area contributed by atoms with Crippen LogP contribution in [0.25, 0.3) is 22.3 Å². The first kappa shape index (κ1) is 18.8. The number of ether oxygens (including phenoxy) is 1. The van der Waals surface area contributed by atoms with Gasteiger partial charge in [0.05, 0.1) is 27.9 Å². The number of H-pyrrole nitrogens is 1. The molecule has 31 heavy (non-hydrogen) atoms. The second kappa shape index (κ2) is 6.66. The number of aromatic amines is 1. The molecule has 2 amide bonds. The molecule has 2 aromatic heterocycles. The van der Waals surface area contributed by atoms with Crippen LogP contribution in [0.2, 0.25) is 0 Å². The van der Waals surface area contributed by atoms with Crippen LogP contribution >= 0.6 is 0 Å². The van der Waals surface area contributed by atoms with Crippen molar-refractivity contribution in [2.75, 3.05) is 4.90 Å². The number of carbonyl (C=O) groups is 2. The number of aromatic nitrogens is 3. The zero-order valence-corrected chi connectivity index (χ0v) is 15.5. The number of halogens is 3. The van der Waals surface area contributed by atoms with Gasteiger partial charge in [0.1, 0.15) is 5.75 Å². The molecule has 7 nitrogen and oxygen atoms in total. The van der Waals surface area contributed by atoms with E-state index in [2.05, 4.69) is 19.9 Å². The summed E-state index contributed by atoms with van der Waals surface area (Å²) in [5, 5.41) is 7.33. The lowest BCUT2D eigenvalue weighted by atomic mass is 10.0. The van der Waals surface area contributed by atoms with E-state index < -0.39 is 23.9 Å². The number of hydrogen-bond acceptors (Lipinski definition) is 5. The number of benzene rings is 2. The van der Waals surface area contributed by atoms with Crippen LogP contribution in [0.5, 0.6) is 5.75 Å². The molecule has 0 aliphatic carbocycles. The number of hydrogen-bond donors (Lipinski definition) is 1. The van der Waals surface area contributed by atoms with Crippen molar-refractivity contribution in [1.82, 2.24) is 15.2 Å². The van der Waals surface area contributed by atoms with E-state index in [1.165, 1.54) is 18.3 Å². The SMILES string of the molecule is O=C1c2cnc3n[nH]c(-c4ccccc4)c3c2C(=O)N1c1cccc(OC(F)(F)F)c1. The van der Waals surface area contributed by atoms with E-state index in [9.17, 15) is 22.8 Å². The van der Waals surface area contributed by atoms with Gasteiger partial charge in [-0.05, 0) is 12.1 Å². The molecule has 3 heterocycles. The fourth-order valence-corrected chi connectivity index (χ4v) is 3.56. The highest BCUT2D eigenvalue weighted by Gasteiger charge is 2.40. The second-order valence-electron chi connectivity index (χ2n) is 6.70. The minimum absolute atomic E-state index is 0.0400. The highest BCUT2D eigenvalue weighted by molar-refractivity contribution is 6.38. The fourth-order valence-electron chi connectivity index (χ4n) is 3.56. The third-order valence-corrected chi connectivity index (χ3v) is 4.80. The van der Waals surface area contributed by atoms with Gasteiger partial charge in [0.25, 0.3) is 11.8 Å². The average Bonchev–Trinajstić information content (AvgIpc) is 3.26. The molecular weight excluding hydrogens is 413 g/mol. The lowest BCUT2D eigenvalue weighted by Gasteiger charge is -2.16. The average molecular weight is 424 g/mol. The van der Waals surface area contributed by atoms with Crippen molar-refractivity contribution in [3.8, 4) is 17.0 Å². The monoisotopic (exact) mass is 424 g/mol. The number of nitrogens with one attached hydrogen (secondary N) is 1. The summed E-state index contributed by atoms with van der Waals surface area (Å²) in [5.41, 5.74) is 1.57. The number of alkyl halides is 3. The minimum atomic E-state index is -4.90. The van der Waals surface area contributed by atoms with Gasteiger partial charge in [0.15, 0.2) is 5.65 Å². The summed E-state index contributed by atoms with van der Waals surface area (Å²) in [6, 6.07) is 13.7. The summed E-state index contributed by atoms with van der Waals surface area (Å²) in [5.74, 6) is -1.92. The highest BCUT2D eigenvalue weighted by atomic mass is 19.4. The van der Waals surface area contributed by atoms with Crippen molar-refractivity contribution in [2.45, 2.75) is 6.36 Å². The zero-order valence-electron chi connectivity index (χ0n) is 15.5. The largest absolute Gasteiger partial charge is 0.573 e. The van der Waals surface area contributed by atoms with E-state index in [1.54, 1.807) is 0 Å². The molecule has 0 fully saturated rings. The van der Waals surface area contributed by atoms with Gasteiger partial charge in [0.2, 0.25) is 0 Å². The van der Waals surface area contributed by atoms with E-state index in [0.29, 0.717) is 11.1 Å². The van der Waals surface area contributed by atoms with Crippen molar-refractivity contribution in [3.63, 3.8) is 0 Å². The van der Waals surface area contributed by atoms with Gasteiger partial charge in [-0.25, -0.2) is 9.88 Å². The maximum atomic E-state index is 13.3. The van der Waals surface area contributed by atoms with Crippen molar-refractivity contribution in [2.24, 2.45) is 0 Å². The van der Waals surface area contributed by atoms with E-state index in [4.69, 9.17) is 0 Å². The molecular formula is C21H11F3N4O3. The number of amides is 2. The molecule has 1 aliphatic rings. The third kappa shape index (κ3) is 3.08. The first-order chi connectivity index (χ1) is 14.8. The first-order valence-electron chi connectivity index (χ1n) is 9.00. The Kier molecular flexibility index (Phi) is 4.04. The third-order valence-electron chi connectivity index (χ3n) is 4.80. The number of rotatable bonds is 3. The Hall–Kier alpha value is -4.21. The number of imide groups is 1. The summed E-state index contributed by atoms with van der Waals surface area (Å²) >= 11 is 0. The van der Waals surface area contributed by atoms with Gasteiger partial charge in [-0.3, -0.25) is 14.7 Å². The van der Waals surface area contributed by atoms with Crippen molar-refractivity contribution < 1.29 is 27.5 Å². The smallest absolute Gasteiger partial charge is 0.406 e. The second-order valence-corrected chi connectivity index (χ2v) is 6.70. The normalized spacial score (nSPS) is 13.7. The predicted octanol–water partition coefficient (Wildman–Crippen LogP) is 4.32. The molecule has 0 atom stereocenters. The maximum absolute atomic E-state index is 13.3. The van der Waals surface area contributed by atoms with Crippen LogP contribution in [-0.2, 0) is 0 Å². The molecule has 1 aliphatic heterocycles. The van der Waals surface area contributed by atoms with Gasteiger partial charge in [-0.1, -0.05) is 36.4 Å². The van der Waals surface area contributed by atoms with Crippen LogP contribution in [0, 0.1) is 0 Å². The molecule has 0 bridgehead atoms. The van der Waals surface area contributed by atoms with Gasteiger partial charge in [-0.2, -0.15) is 5.10 Å². The number of carbonyl (C=O) groups excluding carboxylic acids is 2. The number of fused-ring (bicyclic) bond motifs is 3. The minimum Gasteiger partial charge on any atom is -0.406 e. The topological polar surface area (TPSA) is 88.2 Å². The van der Waals surface area contributed by atoms with Crippen molar-refractivity contribution in [1.29, 1.82) is 0 Å². The van der Waals surface area contributed by atoms with Gasteiger partial charge in [-0.15, -0.1) is 13.2 Å². The lowest BCUT2D eigenvalue weighted by Crippen LogP contribution is -2.29. The molecule has 10 heteroatoms. The summed E-state index contributed by atoms with van der Waals surface area (Å²) < 4.78 is 41.6. The molecule has 0 saturated heterocycles. The molecule has 4 aromatic rings. The van der Waals surface area contributed by atoms with Crippen LogP contribution in [0.3, 0.4) is 0 Å². The maximum Gasteiger partial charge on any atom is 0.573 e. The Morgan fingerprint density at radius 3 is 2.48 bits per heavy atom. The Morgan fingerprint density at radius 1 is 0.968 bits per heavy atom. The molecule has 0 saturated carbocycles. The number of anilines is 1. The van der Waals surface area contributed by atoms with Crippen LogP contribution in [-0.4, -0.2) is 33.4 Å². The predicted molar refractivity (Wildman–Crippen MR) is 104 cm³/mol. The Bertz CT molecular complexity index is 1350. The van der Waals surface area contributed by atoms with Gasteiger partial charge < -0.3 is 4.74 Å². The first-order valence-corrected chi connectivity index (χ1v) is 9.00. The molecule has 1 N–H and O–H groups in total. The highest BCUT2D eigenvalue weighted by Crippen LogP contribution is 2.37. The van der Waals surface area contributed by atoms with E-state index >= 15 is 0 Å². The zero-order chi connectivity index (χ0) is 21.8. The fraction of sp³-hybridized carbons (Fsp3) is 0.0476. The van der Waals surface area contributed by atoms with Crippen LogP contribution < -0.4 is 9.64 Å². The molecule has 5 rings (SSSR count). The van der Waals surface area contributed by atoms with Crippen LogP contribution in [0.15, 0.2) is 60.8 Å². The molecule has 0 unspecified atom stereocenters. The molecule has 2 aromatic carbocycles. The quantitative estimate of drug-likeness (QED) is 0.495. The van der Waals surface area contributed by atoms with Crippen molar-refractivity contribution in [3.05, 3.63) is 71.9 Å². The summed E-state index contributed by atoms with van der Waals surface area (Å²) in [4.78, 5) is 31.2. The summed E-state index contributed by atoms with van der Waals surface area (Å²) in [6.07, 6.45) is -3.67. The van der Waals surface area contributed by atoms with Crippen LogP contribution in [0.1, 0.15) is 20.7 Å².